The zero-order valence-electron chi connectivity index (χ0n) is 11.1. The number of anilines is 1. The van der Waals surface area contributed by atoms with Gasteiger partial charge < -0.3 is 5.32 Å². The molecule has 0 spiro atoms. The number of rotatable bonds is 3. The van der Waals surface area contributed by atoms with E-state index in [4.69, 9.17) is 0 Å². The van der Waals surface area contributed by atoms with Gasteiger partial charge in [0.05, 0.1) is 5.69 Å². The van der Waals surface area contributed by atoms with Crippen LogP contribution < -0.4 is 5.32 Å². The Labute approximate surface area is 108 Å². The van der Waals surface area contributed by atoms with E-state index in [9.17, 15) is 9.59 Å². The standard InChI is InChI=1S/C15H17NO2/c1-5-6-15(18)16-14-8-7-12(10(2)3)9-13(14)11(4)17/h7-10H,1-4H3,(H,16,18). The zero-order valence-corrected chi connectivity index (χ0v) is 11.1. The Morgan fingerprint density at radius 2 is 1.94 bits per heavy atom. The van der Waals surface area contributed by atoms with Crippen LogP contribution in [0.25, 0.3) is 0 Å². The molecule has 1 amide bonds. The van der Waals surface area contributed by atoms with E-state index in [0.717, 1.165) is 5.56 Å². The second-order valence-corrected chi connectivity index (χ2v) is 4.35. The largest absolute Gasteiger partial charge is 0.314 e. The molecular formula is C15H17NO2. The molecule has 1 aromatic rings. The summed E-state index contributed by atoms with van der Waals surface area (Å²) in [4.78, 5) is 23.0. The molecule has 18 heavy (non-hydrogen) atoms. The number of benzene rings is 1. The predicted octanol–water partition coefficient (Wildman–Crippen LogP) is 2.97. The van der Waals surface area contributed by atoms with Crippen molar-refractivity contribution in [1.82, 2.24) is 0 Å². The van der Waals surface area contributed by atoms with Crippen molar-refractivity contribution in [2.24, 2.45) is 0 Å². The Hall–Kier alpha value is -2.08. The SMILES string of the molecule is CC#CC(=O)Nc1ccc(C(C)C)cc1C(C)=O. The monoisotopic (exact) mass is 243 g/mol. The smallest absolute Gasteiger partial charge is 0.300 e. The molecule has 0 bridgehead atoms. The van der Waals surface area contributed by atoms with Crippen molar-refractivity contribution in [3.05, 3.63) is 29.3 Å². The summed E-state index contributed by atoms with van der Waals surface area (Å²) in [7, 11) is 0. The maximum atomic E-state index is 11.6. The number of ketones is 1. The van der Waals surface area contributed by atoms with E-state index in [2.05, 4.69) is 31.0 Å². The molecule has 0 aliphatic heterocycles. The van der Waals surface area contributed by atoms with Crippen LogP contribution >= 0.6 is 0 Å². The highest BCUT2D eigenvalue weighted by Gasteiger charge is 2.11. The van der Waals surface area contributed by atoms with Gasteiger partial charge in [0, 0.05) is 5.56 Å². The van der Waals surface area contributed by atoms with Gasteiger partial charge in [0.15, 0.2) is 5.78 Å². The Balaban J connectivity index is 3.14. The highest BCUT2D eigenvalue weighted by molar-refractivity contribution is 6.08. The van der Waals surface area contributed by atoms with Crippen molar-refractivity contribution in [1.29, 1.82) is 0 Å². The van der Waals surface area contributed by atoms with E-state index in [-0.39, 0.29) is 5.78 Å². The van der Waals surface area contributed by atoms with Gasteiger partial charge >= 0.3 is 0 Å². The van der Waals surface area contributed by atoms with Crippen molar-refractivity contribution in [2.45, 2.75) is 33.6 Å². The average Bonchev–Trinajstić information content (AvgIpc) is 2.29. The van der Waals surface area contributed by atoms with Crippen molar-refractivity contribution >= 4 is 17.4 Å². The molecule has 1 N–H and O–H groups in total. The van der Waals surface area contributed by atoms with Crippen LogP contribution in [0.2, 0.25) is 0 Å². The Kier molecular flexibility index (Phi) is 4.67. The first-order valence-corrected chi connectivity index (χ1v) is 5.84. The van der Waals surface area contributed by atoms with Crippen molar-refractivity contribution < 1.29 is 9.59 Å². The first-order chi connectivity index (χ1) is 8.45. The summed E-state index contributed by atoms with van der Waals surface area (Å²) in [6, 6.07) is 5.48. The van der Waals surface area contributed by atoms with Gasteiger partial charge in [-0.2, -0.15) is 0 Å². The Bertz CT molecular complexity index is 533. The summed E-state index contributed by atoms with van der Waals surface area (Å²) < 4.78 is 0. The lowest BCUT2D eigenvalue weighted by molar-refractivity contribution is -0.111. The lowest BCUT2D eigenvalue weighted by Gasteiger charge is -2.11. The van der Waals surface area contributed by atoms with Crippen molar-refractivity contribution in [3.8, 4) is 11.8 Å². The molecule has 3 heteroatoms. The third kappa shape index (κ3) is 3.46. The van der Waals surface area contributed by atoms with Gasteiger partial charge in [-0.15, -0.1) is 0 Å². The number of carbonyl (C=O) groups is 2. The fourth-order valence-corrected chi connectivity index (χ4v) is 1.59. The molecule has 0 aliphatic rings. The summed E-state index contributed by atoms with van der Waals surface area (Å²) in [6.07, 6.45) is 0. The zero-order chi connectivity index (χ0) is 13.7. The van der Waals surface area contributed by atoms with E-state index in [1.165, 1.54) is 6.92 Å². The van der Waals surface area contributed by atoms with E-state index in [0.29, 0.717) is 17.2 Å². The normalized spacial score (nSPS) is 9.61. The molecule has 1 rings (SSSR count). The van der Waals surface area contributed by atoms with Crippen LogP contribution in [0.15, 0.2) is 18.2 Å². The van der Waals surface area contributed by atoms with Gasteiger partial charge in [-0.05, 0) is 43.4 Å². The molecule has 0 unspecified atom stereocenters. The summed E-state index contributed by atoms with van der Waals surface area (Å²) in [5, 5.41) is 2.63. The number of amides is 1. The number of hydrogen-bond donors (Lipinski definition) is 1. The molecule has 3 nitrogen and oxygen atoms in total. The molecule has 0 heterocycles. The predicted molar refractivity (Wildman–Crippen MR) is 72.6 cm³/mol. The second-order valence-electron chi connectivity index (χ2n) is 4.35. The highest BCUT2D eigenvalue weighted by Crippen LogP contribution is 2.23. The third-order valence-electron chi connectivity index (χ3n) is 2.58. The Morgan fingerprint density at radius 3 is 2.44 bits per heavy atom. The summed E-state index contributed by atoms with van der Waals surface area (Å²) in [5.41, 5.74) is 2.10. The number of hydrogen-bond acceptors (Lipinski definition) is 2. The van der Waals surface area contributed by atoms with Gasteiger partial charge in [-0.3, -0.25) is 9.59 Å². The van der Waals surface area contributed by atoms with Crippen molar-refractivity contribution in [3.63, 3.8) is 0 Å². The highest BCUT2D eigenvalue weighted by atomic mass is 16.1. The number of nitrogens with one attached hydrogen (secondary N) is 1. The first kappa shape index (κ1) is 14.0. The van der Waals surface area contributed by atoms with E-state index in [1.54, 1.807) is 13.0 Å². The summed E-state index contributed by atoms with van der Waals surface area (Å²) in [6.45, 7) is 7.19. The van der Waals surface area contributed by atoms with Crippen LogP contribution in [0.5, 0.6) is 0 Å². The minimum absolute atomic E-state index is 0.0720. The minimum atomic E-state index is -0.405. The molecule has 0 fully saturated rings. The molecule has 1 aromatic carbocycles. The molecule has 94 valence electrons. The van der Waals surface area contributed by atoms with Crippen LogP contribution in [-0.4, -0.2) is 11.7 Å². The number of Topliss-reactive ketones (excluding diaryl/α,β-unsaturated/α-hetero) is 1. The van der Waals surface area contributed by atoms with Crippen LogP contribution in [-0.2, 0) is 4.79 Å². The molecule has 0 atom stereocenters. The van der Waals surface area contributed by atoms with Gasteiger partial charge in [0.1, 0.15) is 0 Å². The maximum Gasteiger partial charge on any atom is 0.300 e. The third-order valence-corrected chi connectivity index (χ3v) is 2.58. The van der Waals surface area contributed by atoms with Crippen LogP contribution in [0.3, 0.4) is 0 Å². The maximum absolute atomic E-state index is 11.6. The lowest BCUT2D eigenvalue weighted by atomic mass is 9.98. The first-order valence-electron chi connectivity index (χ1n) is 5.84. The van der Waals surface area contributed by atoms with Gasteiger partial charge in [-0.1, -0.05) is 25.8 Å². The van der Waals surface area contributed by atoms with E-state index >= 15 is 0 Å². The van der Waals surface area contributed by atoms with Crippen LogP contribution in [0.1, 0.15) is 49.5 Å². The second kappa shape index (κ2) is 6.02. The van der Waals surface area contributed by atoms with Crippen LogP contribution in [0.4, 0.5) is 5.69 Å². The van der Waals surface area contributed by atoms with E-state index in [1.807, 2.05) is 12.1 Å². The molecule has 0 saturated heterocycles. The summed E-state index contributed by atoms with van der Waals surface area (Å²) in [5.74, 6) is 4.76. The fraction of sp³-hybridized carbons (Fsp3) is 0.333. The minimum Gasteiger partial charge on any atom is -0.314 e. The van der Waals surface area contributed by atoms with Crippen molar-refractivity contribution in [2.75, 3.05) is 5.32 Å². The number of carbonyl (C=O) groups excluding carboxylic acids is 2. The lowest BCUT2D eigenvalue weighted by Crippen LogP contribution is -2.12. The van der Waals surface area contributed by atoms with Gasteiger partial charge in [0.2, 0.25) is 0 Å². The molecule has 0 aromatic heterocycles. The molecule has 0 aliphatic carbocycles. The van der Waals surface area contributed by atoms with Crippen LogP contribution in [0, 0.1) is 11.8 Å². The fourth-order valence-electron chi connectivity index (χ4n) is 1.59. The summed E-state index contributed by atoms with van der Waals surface area (Å²) >= 11 is 0. The molecule has 0 radical (unpaired) electrons. The van der Waals surface area contributed by atoms with Gasteiger partial charge in [-0.25, -0.2) is 0 Å². The topological polar surface area (TPSA) is 46.2 Å². The average molecular weight is 243 g/mol. The quantitative estimate of drug-likeness (QED) is 0.655. The Morgan fingerprint density at radius 1 is 1.28 bits per heavy atom. The van der Waals surface area contributed by atoms with E-state index < -0.39 is 5.91 Å². The van der Waals surface area contributed by atoms with Gasteiger partial charge in [0.25, 0.3) is 5.91 Å². The molecule has 0 saturated carbocycles. The molecular weight excluding hydrogens is 226 g/mol.